The minimum absolute atomic E-state index is 0.0906. The van der Waals surface area contributed by atoms with Gasteiger partial charge in [-0.3, -0.25) is 14.4 Å². The maximum atomic E-state index is 12.2. The van der Waals surface area contributed by atoms with Gasteiger partial charge < -0.3 is 20.1 Å². The third-order valence-corrected chi connectivity index (χ3v) is 4.88. The number of amides is 2. The smallest absolute Gasteiger partial charge is 0.308 e. The number of anilines is 1. The summed E-state index contributed by atoms with van der Waals surface area (Å²) in [6.45, 7) is 2.49. The molecule has 0 bridgehead atoms. The zero-order chi connectivity index (χ0) is 18.2. The predicted molar refractivity (Wildman–Crippen MR) is 94.4 cm³/mol. The highest BCUT2D eigenvalue weighted by Crippen LogP contribution is 2.36. The molecule has 0 fully saturated rings. The van der Waals surface area contributed by atoms with Crippen LogP contribution in [0, 0.1) is 0 Å². The topological polar surface area (TPSA) is 93.7 Å². The van der Waals surface area contributed by atoms with Gasteiger partial charge in [0.15, 0.2) is 6.10 Å². The molecule has 0 saturated heterocycles. The molecule has 0 aliphatic carbocycles. The molecule has 0 spiro atoms. The van der Waals surface area contributed by atoms with Crippen LogP contribution in [0.25, 0.3) is 0 Å². The van der Waals surface area contributed by atoms with Crippen LogP contribution < -0.4 is 10.6 Å². The van der Waals surface area contributed by atoms with Gasteiger partial charge in [-0.2, -0.15) is 0 Å². The Kier molecular flexibility index (Phi) is 7.27. The van der Waals surface area contributed by atoms with Crippen LogP contribution in [0.2, 0.25) is 0 Å². The molecule has 0 radical (unpaired) electrons. The third kappa shape index (κ3) is 5.47. The van der Waals surface area contributed by atoms with Gasteiger partial charge in [0.2, 0.25) is 5.91 Å². The number of nitrogens with one attached hydrogen (secondary N) is 2. The lowest BCUT2D eigenvalue weighted by molar-refractivity contribution is -0.156. The molecule has 1 aromatic rings. The van der Waals surface area contributed by atoms with E-state index in [0.29, 0.717) is 19.6 Å². The molecule has 0 aromatic heterocycles. The lowest BCUT2D eigenvalue weighted by Gasteiger charge is -2.24. The number of hydrogen-bond acceptors (Lipinski definition) is 6. The lowest BCUT2D eigenvalue weighted by atomic mass is 10.2. The fraction of sp³-hybridized carbons (Fsp3) is 0.471. The SMILES string of the molecule is CC[C@@H](OC(=O)C[C@@H]1Sc2ccccc2NC1=O)C(=O)NCCOC. The number of hydrogen-bond donors (Lipinski definition) is 2. The zero-order valence-electron chi connectivity index (χ0n) is 14.2. The molecule has 2 amide bonds. The van der Waals surface area contributed by atoms with E-state index in [9.17, 15) is 14.4 Å². The van der Waals surface area contributed by atoms with E-state index >= 15 is 0 Å². The van der Waals surface area contributed by atoms with Gasteiger partial charge in [-0.1, -0.05) is 19.1 Å². The van der Waals surface area contributed by atoms with Gasteiger partial charge in [0.1, 0.15) is 0 Å². The highest BCUT2D eigenvalue weighted by Gasteiger charge is 2.31. The summed E-state index contributed by atoms with van der Waals surface area (Å²) in [5, 5.41) is 4.85. The molecule has 1 aliphatic heterocycles. The Balaban J connectivity index is 1.88. The summed E-state index contributed by atoms with van der Waals surface area (Å²) in [5.74, 6) is -1.17. The Bertz CT molecular complexity index is 637. The first-order valence-corrected chi connectivity index (χ1v) is 8.95. The van der Waals surface area contributed by atoms with Crippen molar-refractivity contribution in [3.63, 3.8) is 0 Å². The minimum atomic E-state index is -0.867. The van der Waals surface area contributed by atoms with Crippen molar-refractivity contribution in [3.8, 4) is 0 Å². The van der Waals surface area contributed by atoms with Crippen molar-refractivity contribution in [2.45, 2.75) is 36.0 Å². The van der Waals surface area contributed by atoms with Crippen molar-refractivity contribution in [1.29, 1.82) is 0 Å². The van der Waals surface area contributed by atoms with Crippen molar-refractivity contribution < 1.29 is 23.9 Å². The average Bonchev–Trinajstić information content (AvgIpc) is 2.60. The normalized spacial score (nSPS) is 17.2. The summed E-state index contributed by atoms with van der Waals surface area (Å²) in [6, 6.07) is 7.40. The molecule has 2 atom stereocenters. The Hall–Kier alpha value is -2.06. The summed E-state index contributed by atoms with van der Waals surface area (Å²) in [6.07, 6.45) is -0.599. The van der Waals surface area contributed by atoms with Crippen molar-refractivity contribution >= 4 is 35.2 Å². The number of benzene rings is 1. The summed E-state index contributed by atoms with van der Waals surface area (Å²) < 4.78 is 10.1. The number of fused-ring (bicyclic) bond motifs is 1. The first-order valence-electron chi connectivity index (χ1n) is 8.07. The van der Waals surface area contributed by atoms with E-state index in [1.54, 1.807) is 6.92 Å². The maximum Gasteiger partial charge on any atom is 0.308 e. The Morgan fingerprint density at radius 3 is 2.84 bits per heavy atom. The molecular formula is C17H22N2O5S. The molecule has 0 saturated carbocycles. The molecule has 2 rings (SSSR count). The number of ether oxygens (including phenoxy) is 2. The van der Waals surface area contributed by atoms with Gasteiger partial charge in [-0.25, -0.2) is 0 Å². The largest absolute Gasteiger partial charge is 0.452 e. The number of carbonyl (C=O) groups excluding carboxylic acids is 3. The molecule has 1 aliphatic rings. The van der Waals surface area contributed by atoms with Crippen molar-refractivity contribution in [1.82, 2.24) is 5.32 Å². The van der Waals surface area contributed by atoms with Crippen LogP contribution >= 0.6 is 11.8 Å². The highest BCUT2D eigenvalue weighted by atomic mass is 32.2. The van der Waals surface area contributed by atoms with Gasteiger partial charge in [0, 0.05) is 18.6 Å². The van der Waals surface area contributed by atoms with Crippen LogP contribution in [-0.2, 0) is 23.9 Å². The number of rotatable bonds is 8. The standard InChI is InChI=1S/C17H22N2O5S/c1-3-12(16(21)18-8-9-23-2)24-15(20)10-14-17(22)19-11-6-4-5-7-13(11)25-14/h4-7,12,14H,3,8-10H2,1-2H3,(H,18,21)(H,19,22)/t12-,14+/m1/s1. The van der Waals surface area contributed by atoms with E-state index in [4.69, 9.17) is 9.47 Å². The van der Waals surface area contributed by atoms with Gasteiger partial charge in [-0.05, 0) is 18.6 Å². The lowest BCUT2D eigenvalue weighted by Crippen LogP contribution is -2.40. The number of methoxy groups -OCH3 is 1. The fourth-order valence-corrected chi connectivity index (χ4v) is 3.39. The first-order chi connectivity index (χ1) is 12.0. The van der Waals surface area contributed by atoms with E-state index in [1.165, 1.54) is 18.9 Å². The molecule has 7 nitrogen and oxygen atoms in total. The number of carbonyl (C=O) groups is 3. The monoisotopic (exact) mass is 366 g/mol. The van der Waals surface area contributed by atoms with Crippen LogP contribution in [-0.4, -0.2) is 49.4 Å². The van der Waals surface area contributed by atoms with E-state index in [0.717, 1.165) is 10.6 Å². The number of thioether (sulfide) groups is 1. The summed E-state index contributed by atoms with van der Waals surface area (Å²) in [5.41, 5.74) is 0.742. The van der Waals surface area contributed by atoms with Gasteiger partial charge in [-0.15, -0.1) is 11.8 Å². The van der Waals surface area contributed by atoms with Crippen LogP contribution in [0.5, 0.6) is 0 Å². The molecular weight excluding hydrogens is 344 g/mol. The molecule has 136 valence electrons. The Labute approximate surface area is 150 Å². The second-order valence-electron chi connectivity index (χ2n) is 5.47. The van der Waals surface area contributed by atoms with E-state index < -0.39 is 17.3 Å². The second-order valence-corrected chi connectivity index (χ2v) is 6.71. The van der Waals surface area contributed by atoms with Gasteiger partial charge >= 0.3 is 5.97 Å². The van der Waals surface area contributed by atoms with Gasteiger partial charge in [0.05, 0.1) is 24.0 Å². The third-order valence-electron chi connectivity index (χ3n) is 3.60. The van der Waals surface area contributed by atoms with Crippen molar-refractivity contribution in [2.24, 2.45) is 0 Å². The molecule has 2 N–H and O–H groups in total. The molecule has 25 heavy (non-hydrogen) atoms. The average molecular weight is 366 g/mol. The van der Waals surface area contributed by atoms with Crippen LogP contribution in [0.15, 0.2) is 29.2 Å². The molecule has 0 unspecified atom stereocenters. The number of esters is 1. The van der Waals surface area contributed by atoms with E-state index in [1.807, 2.05) is 24.3 Å². The van der Waals surface area contributed by atoms with Gasteiger partial charge in [0.25, 0.3) is 5.91 Å². The zero-order valence-corrected chi connectivity index (χ0v) is 15.1. The first kappa shape index (κ1) is 19.3. The molecule has 8 heteroatoms. The molecule has 1 heterocycles. The Morgan fingerprint density at radius 1 is 1.36 bits per heavy atom. The fourth-order valence-electron chi connectivity index (χ4n) is 2.30. The molecule has 1 aromatic carbocycles. The summed E-state index contributed by atoms with van der Waals surface area (Å²) >= 11 is 1.32. The quantitative estimate of drug-likeness (QED) is 0.536. The summed E-state index contributed by atoms with van der Waals surface area (Å²) in [7, 11) is 1.54. The highest BCUT2D eigenvalue weighted by molar-refractivity contribution is 8.01. The minimum Gasteiger partial charge on any atom is -0.452 e. The van der Waals surface area contributed by atoms with Crippen LogP contribution in [0.4, 0.5) is 5.69 Å². The maximum absolute atomic E-state index is 12.2. The number of para-hydroxylation sites is 1. The van der Waals surface area contributed by atoms with Crippen molar-refractivity contribution in [2.75, 3.05) is 25.6 Å². The van der Waals surface area contributed by atoms with Crippen LogP contribution in [0.1, 0.15) is 19.8 Å². The van der Waals surface area contributed by atoms with E-state index in [2.05, 4.69) is 10.6 Å². The van der Waals surface area contributed by atoms with Crippen LogP contribution in [0.3, 0.4) is 0 Å². The second kappa shape index (κ2) is 9.43. The Morgan fingerprint density at radius 2 is 2.12 bits per heavy atom. The summed E-state index contributed by atoms with van der Waals surface area (Å²) in [4.78, 5) is 37.2. The van der Waals surface area contributed by atoms with Crippen molar-refractivity contribution in [3.05, 3.63) is 24.3 Å². The van der Waals surface area contributed by atoms with E-state index in [-0.39, 0.29) is 18.2 Å². The predicted octanol–water partition coefficient (Wildman–Crippen LogP) is 1.57.